The molecule has 1 aliphatic carbocycles. The molecule has 2 fully saturated rings. The van der Waals surface area contributed by atoms with Gasteiger partial charge in [-0.3, -0.25) is 0 Å². The Kier molecular flexibility index (Phi) is 3.64. The van der Waals surface area contributed by atoms with Crippen LogP contribution in [0.3, 0.4) is 0 Å². The van der Waals surface area contributed by atoms with Gasteiger partial charge in [-0.15, -0.1) is 0 Å². The molecule has 0 bridgehead atoms. The molecule has 1 saturated heterocycles. The van der Waals surface area contributed by atoms with Crippen molar-refractivity contribution < 1.29 is 0 Å². The van der Waals surface area contributed by atoms with Crippen LogP contribution in [0.1, 0.15) is 37.4 Å². The van der Waals surface area contributed by atoms with Crippen LogP contribution in [0.15, 0.2) is 35.2 Å². The van der Waals surface area contributed by atoms with Crippen LogP contribution in [0.25, 0.3) is 16.8 Å². The third kappa shape index (κ3) is 2.87. The van der Waals surface area contributed by atoms with Gasteiger partial charge in [0.15, 0.2) is 11.5 Å². The SMILES string of the molecule is c1cc(-c2ccc3nc(C4CCN(CC5CC5)CC4)nn3c2)cs1. The Morgan fingerprint density at radius 3 is 2.67 bits per heavy atom. The summed E-state index contributed by atoms with van der Waals surface area (Å²) in [5, 5.41) is 9.08. The fraction of sp³-hybridized carbons (Fsp3) is 0.474. The van der Waals surface area contributed by atoms with Crippen molar-refractivity contribution in [3.05, 3.63) is 41.0 Å². The molecular weight excluding hydrogens is 316 g/mol. The number of pyridine rings is 1. The number of likely N-dealkylation sites (tertiary alicyclic amines) is 1. The van der Waals surface area contributed by atoms with E-state index in [9.17, 15) is 0 Å². The predicted molar refractivity (Wildman–Crippen MR) is 97.4 cm³/mol. The Morgan fingerprint density at radius 2 is 1.92 bits per heavy atom. The van der Waals surface area contributed by atoms with E-state index in [2.05, 4.69) is 40.1 Å². The van der Waals surface area contributed by atoms with Crippen molar-refractivity contribution in [3.63, 3.8) is 0 Å². The van der Waals surface area contributed by atoms with E-state index in [4.69, 9.17) is 10.1 Å². The van der Waals surface area contributed by atoms with Crippen LogP contribution in [0.4, 0.5) is 0 Å². The highest BCUT2D eigenvalue weighted by Gasteiger charge is 2.28. The predicted octanol–water partition coefficient (Wildman–Crippen LogP) is 4.05. The second kappa shape index (κ2) is 5.97. The van der Waals surface area contributed by atoms with E-state index < -0.39 is 0 Å². The zero-order valence-electron chi connectivity index (χ0n) is 13.8. The lowest BCUT2D eigenvalue weighted by atomic mass is 9.96. The summed E-state index contributed by atoms with van der Waals surface area (Å²) in [5.74, 6) is 2.54. The van der Waals surface area contributed by atoms with E-state index in [-0.39, 0.29) is 0 Å². The summed E-state index contributed by atoms with van der Waals surface area (Å²) >= 11 is 1.73. The summed E-state index contributed by atoms with van der Waals surface area (Å²) in [4.78, 5) is 7.43. The quantitative estimate of drug-likeness (QED) is 0.720. The largest absolute Gasteiger partial charge is 0.303 e. The van der Waals surface area contributed by atoms with Crippen LogP contribution >= 0.6 is 11.3 Å². The maximum absolute atomic E-state index is 4.80. The second-order valence-electron chi connectivity index (χ2n) is 7.22. The molecule has 0 amide bonds. The summed E-state index contributed by atoms with van der Waals surface area (Å²) in [6.45, 7) is 3.73. The number of nitrogens with zero attached hydrogens (tertiary/aromatic N) is 4. The average molecular weight is 338 g/mol. The fourth-order valence-electron chi connectivity index (χ4n) is 3.71. The molecule has 0 spiro atoms. The lowest BCUT2D eigenvalue weighted by Crippen LogP contribution is -2.34. The number of hydrogen-bond donors (Lipinski definition) is 0. The monoisotopic (exact) mass is 338 g/mol. The molecule has 3 aromatic heterocycles. The fourth-order valence-corrected chi connectivity index (χ4v) is 4.38. The first-order chi connectivity index (χ1) is 11.8. The van der Waals surface area contributed by atoms with E-state index in [1.54, 1.807) is 11.3 Å². The van der Waals surface area contributed by atoms with Gasteiger partial charge < -0.3 is 4.90 Å². The topological polar surface area (TPSA) is 33.4 Å². The number of aromatic nitrogens is 3. The van der Waals surface area contributed by atoms with Gasteiger partial charge in [0.2, 0.25) is 0 Å². The van der Waals surface area contributed by atoms with Crippen molar-refractivity contribution in [2.45, 2.75) is 31.6 Å². The molecule has 0 unspecified atom stereocenters. The van der Waals surface area contributed by atoms with Crippen molar-refractivity contribution >= 4 is 17.0 Å². The number of piperidine rings is 1. The first-order valence-electron chi connectivity index (χ1n) is 8.96. The van der Waals surface area contributed by atoms with Crippen LogP contribution in [-0.4, -0.2) is 39.1 Å². The van der Waals surface area contributed by atoms with E-state index in [1.165, 1.54) is 56.4 Å². The van der Waals surface area contributed by atoms with Gasteiger partial charge in [0.05, 0.1) is 0 Å². The Bertz CT molecular complexity index is 826. The van der Waals surface area contributed by atoms with Crippen LogP contribution in [0.2, 0.25) is 0 Å². The summed E-state index contributed by atoms with van der Waals surface area (Å²) in [5.41, 5.74) is 3.43. The summed E-state index contributed by atoms with van der Waals surface area (Å²) in [7, 11) is 0. The maximum Gasteiger partial charge on any atom is 0.155 e. The molecule has 4 heterocycles. The number of hydrogen-bond acceptors (Lipinski definition) is 4. The van der Waals surface area contributed by atoms with Gasteiger partial charge in [0, 0.05) is 24.2 Å². The lowest BCUT2D eigenvalue weighted by molar-refractivity contribution is 0.202. The van der Waals surface area contributed by atoms with Gasteiger partial charge in [-0.25, -0.2) is 9.50 Å². The van der Waals surface area contributed by atoms with Crippen LogP contribution in [0, 0.1) is 5.92 Å². The van der Waals surface area contributed by atoms with Gasteiger partial charge in [-0.05, 0) is 79.2 Å². The van der Waals surface area contributed by atoms with Gasteiger partial charge in [-0.2, -0.15) is 16.4 Å². The van der Waals surface area contributed by atoms with Gasteiger partial charge in [0.1, 0.15) is 0 Å². The molecule has 5 heteroatoms. The first-order valence-corrected chi connectivity index (χ1v) is 9.91. The Balaban J connectivity index is 1.34. The molecule has 5 rings (SSSR count). The van der Waals surface area contributed by atoms with Crippen molar-refractivity contribution in [2.75, 3.05) is 19.6 Å². The van der Waals surface area contributed by atoms with Crippen LogP contribution < -0.4 is 0 Å². The Hall–Kier alpha value is -1.72. The summed E-state index contributed by atoms with van der Waals surface area (Å²) < 4.78 is 1.96. The Labute approximate surface area is 146 Å². The minimum atomic E-state index is 0.518. The van der Waals surface area contributed by atoms with E-state index in [0.29, 0.717) is 5.92 Å². The number of fused-ring (bicyclic) bond motifs is 1. The summed E-state index contributed by atoms with van der Waals surface area (Å²) in [6, 6.07) is 6.39. The third-order valence-electron chi connectivity index (χ3n) is 5.37. The summed E-state index contributed by atoms with van der Waals surface area (Å²) in [6.07, 6.45) is 7.39. The van der Waals surface area contributed by atoms with Crippen LogP contribution in [-0.2, 0) is 0 Å². The molecule has 2 aliphatic rings. The molecule has 0 N–H and O–H groups in total. The van der Waals surface area contributed by atoms with Crippen molar-refractivity contribution in [1.29, 1.82) is 0 Å². The van der Waals surface area contributed by atoms with Crippen molar-refractivity contribution in [1.82, 2.24) is 19.5 Å². The smallest absolute Gasteiger partial charge is 0.155 e. The molecule has 124 valence electrons. The van der Waals surface area contributed by atoms with Crippen molar-refractivity contribution in [2.24, 2.45) is 5.92 Å². The first kappa shape index (κ1) is 14.6. The molecule has 0 aromatic carbocycles. The normalized spacial score (nSPS) is 20.0. The van der Waals surface area contributed by atoms with Gasteiger partial charge in [0.25, 0.3) is 0 Å². The highest BCUT2D eigenvalue weighted by Crippen LogP contribution is 2.33. The minimum absolute atomic E-state index is 0.518. The third-order valence-corrected chi connectivity index (χ3v) is 6.05. The van der Waals surface area contributed by atoms with E-state index >= 15 is 0 Å². The zero-order chi connectivity index (χ0) is 15.9. The molecular formula is C19H22N4S. The second-order valence-corrected chi connectivity index (χ2v) is 8.00. The van der Waals surface area contributed by atoms with Gasteiger partial charge >= 0.3 is 0 Å². The van der Waals surface area contributed by atoms with E-state index in [1.807, 2.05) is 4.52 Å². The molecule has 0 radical (unpaired) electrons. The lowest BCUT2D eigenvalue weighted by Gasteiger charge is -2.30. The standard InChI is InChI=1S/C19H22N4S/c1-2-14(1)11-22-8-5-15(6-9-22)19-20-18-4-3-16(12-23(18)21-19)17-7-10-24-13-17/h3-4,7,10,12-15H,1-2,5-6,8-9,11H2. The highest BCUT2D eigenvalue weighted by molar-refractivity contribution is 7.08. The highest BCUT2D eigenvalue weighted by atomic mass is 32.1. The minimum Gasteiger partial charge on any atom is -0.303 e. The van der Waals surface area contributed by atoms with Gasteiger partial charge in [-0.1, -0.05) is 0 Å². The van der Waals surface area contributed by atoms with Crippen LogP contribution in [0.5, 0.6) is 0 Å². The molecule has 1 aliphatic heterocycles. The number of thiophene rings is 1. The number of rotatable bonds is 4. The van der Waals surface area contributed by atoms with Crippen molar-refractivity contribution in [3.8, 4) is 11.1 Å². The molecule has 1 saturated carbocycles. The average Bonchev–Trinajstić information content (AvgIpc) is 3.12. The maximum atomic E-state index is 4.80. The molecule has 4 nitrogen and oxygen atoms in total. The zero-order valence-corrected chi connectivity index (χ0v) is 14.6. The molecule has 3 aromatic rings. The molecule has 0 atom stereocenters. The Morgan fingerprint density at radius 1 is 1.04 bits per heavy atom. The van der Waals surface area contributed by atoms with E-state index in [0.717, 1.165) is 17.4 Å². The molecule has 24 heavy (non-hydrogen) atoms.